The third-order valence-corrected chi connectivity index (χ3v) is 5.67. The predicted molar refractivity (Wildman–Crippen MR) is 101 cm³/mol. The summed E-state index contributed by atoms with van der Waals surface area (Å²) in [6.07, 6.45) is 6.77. The van der Waals surface area contributed by atoms with Gasteiger partial charge in [-0.3, -0.25) is 0 Å². The van der Waals surface area contributed by atoms with Crippen molar-refractivity contribution < 1.29 is 0 Å². The minimum atomic E-state index is 0.367. The molecule has 1 saturated heterocycles. The van der Waals surface area contributed by atoms with Gasteiger partial charge in [0, 0.05) is 14.1 Å². The Bertz CT molecular complexity index is 565. The predicted octanol–water partition coefficient (Wildman–Crippen LogP) is 5.33. The molecule has 2 rings (SSSR count). The van der Waals surface area contributed by atoms with Crippen molar-refractivity contribution in [3.8, 4) is 0 Å². The molecule has 1 aliphatic rings. The molecule has 0 spiro atoms. The summed E-state index contributed by atoms with van der Waals surface area (Å²) in [4.78, 5) is 2.17. The van der Waals surface area contributed by atoms with Gasteiger partial charge < -0.3 is 4.90 Å². The summed E-state index contributed by atoms with van der Waals surface area (Å²) in [5.41, 5.74) is 4.76. The third kappa shape index (κ3) is 3.16. The summed E-state index contributed by atoms with van der Waals surface area (Å²) in [7, 11) is 4.23. The maximum Gasteiger partial charge on any atom is 0.179 e. The van der Waals surface area contributed by atoms with Crippen molar-refractivity contribution in [2.75, 3.05) is 14.1 Å². The van der Waals surface area contributed by atoms with E-state index in [1.54, 1.807) is 0 Å². The van der Waals surface area contributed by atoms with Crippen LogP contribution in [0.5, 0.6) is 0 Å². The van der Waals surface area contributed by atoms with E-state index in [0.29, 0.717) is 17.5 Å². The van der Waals surface area contributed by atoms with Crippen LogP contribution in [-0.4, -0.2) is 25.7 Å². The monoisotopic (exact) mass is 295 g/mol. The minimum absolute atomic E-state index is 0.367. The summed E-state index contributed by atoms with van der Waals surface area (Å²) in [6, 6.07) is 8.63. The molecule has 1 aliphatic heterocycles. The molecule has 0 radical (unpaired) electrons. The molecular weight excluding hydrogens is 265 g/mol. The molecule has 0 unspecified atom stereocenters. The van der Waals surface area contributed by atoms with E-state index in [9.17, 15) is 0 Å². The lowest BCUT2D eigenvalue weighted by Crippen LogP contribution is -2.24. The van der Waals surface area contributed by atoms with Crippen molar-refractivity contribution >= 4 is 18.3 Å². The number of benzene rings is 1. The summed E-state index contributed by atoms with van der Waals surface area (Å²) in [6.45, 7) is 14.3. The Morgan fingerprint density at radius 3 is 2.14 bits per heavy atom. The van der Waals surface area contributed by atoms with Crippen molar-refractivity contribution in [3.05, 3.63) is 48.2 Å². The Balaban J connectivity index is 2.48. The molecule has 1 fully saturated rings. The second-order valence-electron chi connectivity index (χ2n) is 8.21. The van der Waals surface area contributed by atoms with Crippen molar-refractivity contribution in [1.82, 2.24) is 4.90 Å². The summed E-state index contributed by atoms with van der Waals surface area (Å²) >= 11 is 0. The molecule has 0 aromatic heterocycles. The summed E-state index contributed by atoms with van der Waals surface area (Å²) in [5.74, 6) is 0. The molecule has 1 nitrogen and oxygen atoms in total. The fraction of sp³-hybridized carbons (Fsp3) is 0.500. The van der Waals surface area contributed by atoms with E-state index in [1.807, 2.05) is 6.08 Å². The summed E-state index contributed by atoms with van der Waals surface area (Å²) < 4.78 is 0. The molecule has 0 amide bonds. The van der Waals surface area contributed by atoms with Gasteiger partial charge in [-0.2, -0.15) is 0 Å². The number of rotatable bonds is 4. The van der Waals surface area contributed by atoms with Crippen LogP contribution in [0.25, 0.3) is 11.5 Å². The first-order chi connectivity index (χ1) is 10.2. The Morgan fingerprint density at radius 2 is 1.64 bits per heavy atom. The van der Waals surface area contributed by atoms with Crippen LogP contribution >= 0.6 is 0 Å². The second kappa shape index (κ2) is 5.99. The standard InChI is InChI=1S/C20H30BN/c1-8-16-11-9-10-12-17(16)18(13-22(6)7)21-14-19(2,3)20(4,5)15-21/h8-13H,1,14-15H2,2-7H3/b18-13+. The van der Waals surface area contributed by atoms with Crippen molar-refractivity contribution in [1.29, 1.82) is 0 Å². The van der Waals surface area contributed by atoms with Gasteiger partial charge >= 0.3 is 0 Å². The Hall–Kier alpha value is -1.44. The van der Waals surface area contributed by atoms with Gasteiger partial charge in [-0.1, -0.05) is 82.7 Å². The molecule has 0 bridgehead atoms. The number of nitrogens with zero attached hydrogens (tertiary/aromatic N) is 1. The van der Waals surface area contributed by atoms with Crippen LogP contribution in [0, 0.1) is 10.8 Å². The van der Waals surface area contributed by atoms with Crippen molar-refractivity contribution in [2.24, 2.45) is 10.8 Å². The Labute approximate surface area is 137 Å². The highest BCUT2D eigenvalue weighted by Crippen LogP contribution is 2.55. The topological polar surface area (TPSA) is 3.24 Å². The highest BCUT2D eigenvalue weighted by Gasteiger charge is 2.48. The van der Waals surface area contributed by atoms with E-state index >= 15 is 0 Å². The first-order valence-electron chi connectivity index (χ1n) is 8.28. The highest BCUT2D eigenvalue weighted by molar-refractivity contribution is 6.80. The minimum Gasteiger partial charge on any atom is -0.384 e. The van der Waals surface area contributed by atoms with Crippen LogP contribution in [0.2, 0.25) is 12.6 Å². The maximum atomic E-state index is 4.00. The lowest BCUT2D eigenvalue weighted by atomic mass is 9.40. The van der Waals surface area contributed by atoms with Crippen LogP contribution < -0.4 is 0 Å². The zero-order chi connectivity index (χ0) is 16.5. The van der Waals surface area contributed by atoms with Crippen LogP contribution in [0.4, 0.5) is 0 Å². The smallest absolute Gasteiger partial charge is 0.179 e. The van der Waals surface area contributed by atoms with Gasteiger partial charge in [0.05, 0.1) is 0 Å². The molecular formula is C20H30BN. The van der Waals surface area contributed by atoms with E-state index in [-0.39, 0.29) is 0 Å². The molecule has 2 heteroatoms. The fourth-order valence-electron chi connectivity index (χ4n) is 3.69. The van der Waals surface area contributed by atoms with Gasteiger partial charge in [-0.15, -0.1) is 0 Å². The van der Waals surface area contributed by atoms with Gasteiger partial charge in [0.2, 0.25) is 0 Å². The van der Waals surface area contributed by atoms with E-state index in [2.05, 4.69) is 83.7 Å². The average molecular weight is 295 g/mol. The lowest BCUT2D eigenvalue weighted by molar-refractivity contribution is 0.177. The zero-order valence-corrected chi connectivity index (χ0v) is 15.1. The van der Waals surface area contributed by atoms with Crippen LogP contribution in [-0.2, 0) is 0 Å². The van der Waals surface area contributed by atoms with E-state index in [4.69, 9.17) is 0 Å². The maximum absolute atomic E-state index is 4.00. The van der Waals surface area contributed by atoms with Gasteiger partial charge in [-0.05, 0) is 28.2 Å². The third-order valence-electron chi connectivity index (χ3n) is 5.67. The van der Waals surface area contributed by atoms with Crippen LogP contribution in [0.15, 0.2) is 37.0 Å². The normalized spacial score (nSPS) is 20.1. The van der Waals surface area contributed by atoms with Gasteiger partial charge in [0.15, 0.2) is 6.71 Å². The van der Waals surface area contributed by atoms with Gasteiger partial charge in [0.25, 0.3) is 0 Å². The molecule has 22 heavy (non-hydrogen) atoms. The van der Waals surface area contributed by atoms with Crippen LogP contribution in [0.3, 0.4) is 0 Å². The SMILES string of the molecule is C=Cc1ccccc1/C(=C\N(C)C)B1CC(C)(C)C(C)(C)C1. The molecule has 1 aromatic rings. The first-order valence-corrected chi connectivity index (χ1v) is 8.28. The first kappa shape index (κ1) is 16.9. The van der Waals surface area contributed by atoms with E-state index in [0.717, 1.165) is 0 Å². The Kier molecular flexibility index (Phi) is 4.61. The second-order valence-corrected chi connectivity index (χ2v) is 8.21. The van der Waals surface area contributed by atoms with Crippen molar-refractivity contribution in [3.63, 3.8) is 0 Å². The molecule has 0 N–H and O–H groups in total. The van der Waals surface area contributed by atoms with E-state index in [1.165, 1.54) is 29.2 Å². The molecule has 0 atom stereocenters. The van der Waals surface area contributed by atoms with Gasteiger partial charge in [-0.25, -0.2) is 0 Å². The highest BCUT2D eigenvalue weighted by atomic mass is 15.0. The zero-order valence-electron chi connectivity index (χ0n) is 15.1. The lowest BCUT2D eigenvalue weighted by Gasteiger charge is -2.35. The Morgan fingerprint density at radius 1 is 1.09 bits per heavy atom. The average Bonchev–Trinajstić information content (AvgIpc) is 2.64. The molecule has 0 aliphatic carbocycles. The number of hydrogen-bond acceptors (Lipinski definition) is 1. The largest absolute Gasteiger partial charge is 0.384 e. The quantitative estimate of drug-likeness (QED) is 0.678. The molecule has 1 aromatic carbocycles. The van der Waals surface area contributed by atoms with E-state index < -0.39 is 0 Å². The van der Waals surface area contributed by atoms with Gasteiger partial charge in [0.1, 0.15) is 0 Å². The van der Waals surface area contributed by atoms with Crippen molar-refractivity contribution in [2.45, 2.75) is 40.3 Å². The molecule has 1 heterocycles. The molecule has 118 valence electrons. The molecule has 0 saturated carbocycles. The fourth-order valence-corrected chi connectivity index (χ4v) is 3.69. The number of hydrogen-bond donors (Lipinski definition) is 0. The summed E-state index contributed by atoms with van der Waals surface area (Å²) in [5, 5.41) is 0. The van der Waals surface area contributed by atoms with Crippen LogP contribution in [0.1, 0.15) is 38.8 Å².